The highest BCUT2D eigenvalue weighted by Gasteiger charge is 2.35. The first-order valence-corrected chi connectivity index (χ1v) is 10.6. The van der Waals surface area contributed by atoms with E-state index < -0.39 is 17.3 Å². The minimum absolute atomic E-state index is 0.195. The van der Waals surface area contributed by atoms with Gasteiger partial charge in [-0.15, -0.1) is 10.2 Å². The Bertz CT molecular complexity index is 991. The van der Waals surface area contributed by atoms with Gasteiger partial charge in [-0.3, -0.25) is 0 Å². The Morgan fingerprint density at radius 2 is 1.81 bits per heavy atom. The highest BCUT2D eigenvalue weighted by Crippen LogP contribution is 2.39. The Labute approximate surface area is 182 Å². The summed E-state index contributed by atoms with van der Waals surface area (Å²) in [6.07, 6.45) is -2.26. The van der Waals surface area contributed by atoms with Gasteiger partial charge in [0, 0.05) is 5.56 Å². The SMILES string of the molecule is C[C@@](N)(CO)c1nnc(-c2ccc(OCCCCc3ccccc3)c(C(F)(F)F)c2)s1. The van der Waals surface area contributed by atoms with Crippen LogP contribution in [0, 0.1) is 0 Å². The lowest BCUT2D eigenvalue weighted by Gasteiger charge is -2.17. The molecule has 166 valence electrons. The largest absolute Gasteiger partial charge is 0.493 e. The van der Waals surface area contributed by atoms with Gasteiger partial charge in [-0.25, -0.2) is 0 Å². The van der Waals surface area contributed by atoms with E-state index in [1.54, 1.807) is 6.92 Å². The molecule has 5 nitrogen and oxygen atoms in total. The fourth-order valence-corrected chi connectivity index (χ4v) is 3.80. The number of aliphatic hydroxyl groups is 1. The lowest BCUT2D eigenvalue weighted by atomic mass is 10.1. The van der Waals surface area contributed by atoms with Crippen LogP contribution in [0.25, 0.3) is 10.6 Å². The number of alkyl halides is 3. The zero-order chi connectivity index (χ0) is 22.5. The molecule has 1 aromatic heterocycles. The molecular formula is C22H24F3N3O2S. The Hall–Kier alpha value is -2.49. The van der Waals surface area contributed by atoms with Crippen molar-refractivity contribution >= 4 is 11.3 Å². The Morgan fingerprint density at radius 1 is 1.06 bits per heavy atom. The summed E-state index contributed by atoms with van der Waals surface area (Å²) in [5.74, 6) is -0.209. The number of nitrogens with zero attached hydrogens (tertiary/aromatic N) is 2. The van der Waals surface area contributed by atoms with Crippen molar-refractivity contribution in [1.29, 1.82) is 0 Å². The van der Waals surface area contributed by atoms with Crippen LogP contribution in [0.4, 0.5) is 13.2 Å². The van der Waals surface area contributed by atoms with E-state index in [1.807, 2.05) is 30.3 Å². The van der Waals surface area contributed by atoms with Crippen LogP contribution in [-0.4, -0.2) is 28.5 Å². The molecule has 3 N–H and O–H groups in total. The third-order valence-corrected chi connectivity index (χ3v) is 5.99. The van der Waals surface area contributed by atoms with Crippen molar-refractivity contribution in [3.63, 3.8) is 0 Å². The third kappa shape index (κ3) is 6.03. The molecule has 0 radical (unpaired) electrons. The fourth-order valence-electron chi connectivity index (χ4n) is 2.91. The van der Waals surface area contributed by atoms with Gasteiger partial charge in [-0.05, 0) is 49.9 Å². The average Bonchev–Trinajstić information content (AvgIpc) is 3.25. The zero-order valence-electron chi connectivity index (χ0n) is 17.0. The quantitative estimate of drug-likeness (QED) is 0.457. The van der Waals surface area contributed by atoms with Crippen molar-refractivity contribution < 1.29 is 23.0 Å². The number of unbranched alkanes of at least 4 members (excludes halogenated alkanes) is 1. The number of hydrogen-bond acceptors (Lipinski definition) is 6. The van der Waals surface area contributed by atoms with Crippen LogP contribution >= 0.6 is 11.3 Å². The molecule has 3 aromatic rings. The van der Waals surface area contributed by atoms with E-state index in [0.29, 0.717) is 16.4 Å². The Morgan fingerprint density at radius 3 is 2.48 bits per heavy atom. The first kappa shape index (κ1) is 23.2. The summed E-state index contributed by atoms with van der Waals surface area (Å²) in [7, 11) is 0. The number of nitrogens with two attached hydrogens (primary N) is 1. The number of rotatable bonds is 9. The molecule has 0 bridgehead atoms. The van der Waals surface area contributed by atoms with Crippen LogP contribution in [0.5, 0.6) is 5.75 Å². The molecule has 0 aliphatic heterocycles. The summed E-state index contributed by atoms with van der Waals surface area (Å²) in [6.45, 7) is 1.42. The second kappa shape index (κ2) is 9.76. The molecule has 0 aliphatic carbocycles. The molecule has 1 atom stereocenters. The molecule has 3 rings (SSSR count). The number of aryl methyl sites for hydroxylation is 1. The van der Waals surface area contributed by atoms with Crippen LogP contribution in [-0.2, 0) is 18.1 Å². The summed E-state index contributed by atoms with van der Waals surface area (Å²) in [5.41, 5.74) is 5.42. The molecule has 0 aliphatic rings. The molecule has 9 heteroatoms. The molecule has 0 amide bonds. The normalized spacial score (nSPS) is 13.7. The Balaban J connectivity index is 1.69. The summed E-state index contributed by atoms with van der Waals surface area (Å²) in [5, 5.41) is 17.8. The zero-order valence-corrected chi connectivity index (χ0v) is 17.8. The second-order valence-electron chi connectivity index (χ2n) is 7.49. The van der Waals surface area contributed by atoms with Crippen molar-refractivity contribution in [2.45, 2.75) is 37.9 Å². The van der Waals surface area contributed by atoms with Crippen molar-refractivity contribution in [3.05, 3.63) is 64.7 Å². The maximum Gasteiger partial charge on any atom is 0.419 e. The van der Waals surface area contributed by atoms with E-state index >= 15 is 0 Å². The average molecular weight is 452 g/mol. The standard InChI is InChI=1S/C22H24F3N3O2S/c1-21(26,14-29)20-28-27-19(31-20)16-10-11-18(17(13-16)22(23,24)25)30-12-6-5-9-15-7-3-2-4-8-15/h2-4,7-8,10-11,13,29H,5-6,9,12,14,26H2,1H3/t21-/m1/s1. The fraction of sp³-hybridized carbons (Fsp3) is 0.364. The monoisotopic (exact) mass is 451 g/mol. The molecule has 0 saturated carbocycles. The van der Waals surface area contributed by atoms with Crippen LogP contribution < -0.4 is 10.5 Å². The predicted molar refractivity (Wildman–Crippen MR) is 114 cm³/mol. The molecule has 0 fully saturated rings. The van der Waals surface area contributed by atoms with E-state index in [9.17, 15) is 18.3 Å². The molecule has 2 aromatic carbocycles. The summed E-state index contributed by atoms with van der Waals surface area (Å²) < 4.78 is 46.3. The van der Waals surface area contributed by atoms with Gasteiger partial charge < -0.3 is 15.6 Å². The maximum atomic E-state index is 13.6. The van der Waals surface area contributed by atoms with E-state index in [0.717, 1.165) is 30.2 Å². The van der Waals surface area contributed by atoms with Gasteiger partial charge in [-0.1, -0.05) is 41.7 Å². The number of benzene rings is 2. The van der Waals surface area contributed by atoms with Gasteiger partial charge in [0.1, 0.15) is 15.8 Å². The summed E-state index contributed by atoms with van der Waals surface area (Å²) in [4.78, 5) is 0. The minimum Gasteiger partial charge on any atom is -0.493 e. The van der Waals surface area contributed by atoms with Crippen LogP contribution in [0.2, 0.25) is 0 Å². The topological polar surface area (TPSA) is 81.3 Å². The summed E-state index contributed by atoms with van der Waals surface area (Å²) in [6, 6.07) is 13.7. The molecular weight excluding hydrogens is 427 g/mol. The van der Waals surface area contributed by atoms with Crippen molar-refractivity contribution in [1.82, 2.24) is 10.2 Å². The van der Waals surface area contributed by atoms with Crippen LogP contribution in [0.3, 0.4) is 0 Å². The number of aromatic nitrogens is 2. The van der Waals surface area contributed by atoms with Crippen molar-refractivity contribution in [2.24, 2.45) is 5.73 Å². The Kier molecular flexibility index (Phi) is 7.30. The van der Waals surface area contributed by atoms with Crippen LogP contribution in [0.15, 0.2) is 48.5 Å². The smallest absolute Gasteiger partial charge is 0.419 e. The molecule has 1 heterocycles. The number of hydrogen-bond donors (Lipinski definition) is 2. The van der Waals surface area contributed by atoms with Gasteiger partial charge in [-0.2, -0.15) is 13.2 Å². The van der Waals surface area contributed by atoms with Gasteiger partial charge >= 0.3 is 6.18 Å². The first-order chi connectivity index (χ1) is 14.7. The van der Waals surface area contributed by atoms with Crippen LogP contribution in [0.1, 0.15) is 35.9 Å². The number of halogens is 3. The highest BCUT2D eigenvalue weighted by molar-refractivity contribution is 7.14. The molecule has 31 heavy (non-hydrogen) atoms. The number of aliphatic hydroxyl groups excluding tert-OH is 1. The summed E-state index contributed by atoms with van der Waals surface area (Å²) >= 11 is 1.05. The lowest BCUT2D eigenvalue weighted by molar-refractivity contribution is -0.138. The molecule has 0 saturated heterocycles. The van der Waals surface area contributed by atoms with Gasteiger partial charge in [0.2, 0.25) is 0 Å². The molecule has 0 spiro atoms. The van der Waals surface area contributed by atoms with E-state index in [1.165, 1.54) is 17.7 Å². The van der Waals surface area contributed by atoms with Gasteiger partial charge in [0.25, 0.3) is 0 Å². The first-order valence-electron chi connectivity index (χ1n) is 9.83. The lowest BCUT2D eigenvalue weighted by Crippen LogP contribution is -2.36. The second-order valence-corrected chi connectivity index (χ2v) is 8.47. The van der Waals surface area contributed by atoms with E-state index in [2.05, 4.69) is 10.2 Å². The van der Waals surface area contributed by atoms with Gasteiger partial charge in [0.15, 0.2) is 0 Å². The van der Waals surface area contributed by atoms with E-state index in [-0.39, 0.29) is 24.5 Å². The minimum atomic E-state index is -4.57. The maximum absolute atomic E-state index is 13.6. The highest BCUT2D eigenvalue weighted by atomic mass is 32.1. The third-order valence-electron chi connectivity index (χ3n) is 4.73. The van der Waals surface area contributed by atoms with Crippen molar-refractivity contribution in [3.8, 4) is 16.3 Å². The van der Waals surface area contributed by atoms with E-state index in [4.69, 9.17) is 10.5 Å². The molecule has 0 unspecified atom stereocenters. The van der Waals surface area contributed by atoms with Crippen molar-refractivity contribution in [2.75, 3.05) is 13.2 Å². The predicted octanol–water partition coefficient (Wildman–Crippen LogP) is 4.79. The van der Waals surface area contributed by atoms with Gasteiger partial charge in [0.05, 0.1) is 24.3 Å². The number of ether oxygens (including phenoxy) is 1.